The van der Waals surface area contributed by atoms with Crippen molar-refractivity contribution in [1.82, 2.24) is 19.6 Å². The minimum absolute atomic E-state index is 0.110. The van der Waals surface area contributed by atoms with Gasteiger partial charge in [0.1, 0.15) is 11.2 Å². The number of carbonyl (C=O) groups is 5. The Hall–Kier alpha value is -2.85. The number of hydrogen-bond acceptors (Lipinski definition) is 12. The maximum Gasteiger partial charge on any atom is 0.320 e. The molecule has 0 atom stereocenters. The fraction of sp³-hybridized carbons (Fsp3) is 0.821. The predicted octanol–water partition coefficient (Wildman–Crippen LogP) is -0.733. The van der Waals surface area contributed by atoms with Crippen molar-refractivity contribution < 1.29 is 48.0 Å². The molecule has 0 saturated carbocycles. The highest BCUT2D eigenvalue weighted by Gasteiger charge is 2.25. The van der Waals surface area contributed by atoms with Gasteiger partial charge in [-0.2, -0.15) is 0 Å². The maximum atomic E-state index is 13.2. The van der Waals surface area contributed by atoms with Crippen molar-refractivity contribution in [2.75, 3.05) is 99.4 Å². The van der Waals surface area contributed by atoms with Crippen LogP contribution in [0.4, 0.5) is 0 Å². The lowest BCUT2D eigenvalue weighted by Crippen LogP contribution is -2.49. The van der Waals surface area contributed by atoms with Crippen LogP contribution in [0.3, 0.4) is 0 Å². The molecule has 0 fully saturated rings. The second-order valence-electron chi connectivity index (χ2n) is 12.1. The fourth-order valence-corrected chi connectivity index (χ4v) is 3.84. The number of methoxy groups -OCH3 is 2. The molecule has 3 N–H and O–H groups in total. The Kier molecular flexibility index (Phi) is 18.8. The summed E-state index contributed by atoms with van der Waals surface area (Å²) in [5.74, 6) is -3.09. The highest BCUT2D eigenvalue weighted by Crippen LogP contribution is 2.09. The molecule has 0 spiro atoms. The number of aliphatic carboxylic acids is 1. The average Bonchev–Trinajstić information content (AvgIpc) is 2.82. The number of rotatable bonds is 22. The SMILES string of the molecule is COCCN(CCOC)C(=O)CN(CCN(CCN(CC(=O)O)CC(=O)OC(C)(C)C)CC(N)=O)CC(=O)OC(C)(C)C. The van der Waals surface area contributed by atoms with Crippen LogP contribution in [0, 0.1) is 0 Å². The Morgan fingerprint density at radius 2 is 1.00 bits per heavy atom. The molecule has 15 nitrogen and oxygen atoms in total. The standard InChI is InChI=1S/C28H53N5O10/c1-27(2,3)42-25(38)20-31(18-23(35)33(13-15-40-7)14-16-41-8)11-9-30(17-22(29)34)10-12-32(19-24(36)37)21-26(39)43-28(4,5)6/h9-21H2,1-8H3,(H2,29,34)(H,36,37). The number of carboxylic acid groups (broad SMARTS) is 1. The number of hydrogen-bond donors (Lipinski definition) is 2. The van der Waals surface area contributed by atoms with Crippen LogP contribution in [0.5, 0.6) is 0 Å². The van der Waals surface area contributed by atoms with Crippen molar-refractivity contribution in [3.05, 3.63) is 0 Å². The fourth-order valence-electron chi connectivity index (χ4n) is 3.84. The van der Waals surface area contributed by atoms with Crippen molar-refractivity contribution in [1.29, 1.82) is 0 Å². The number of esters is 2. The molecule has 0 unspecified atom stereocenters. The van der Waals surface area contributed by atoms with Gasteiger partial charge in [-0.15, -0.1) is 0 Å². The summed E-state index contributed by atoms with van der Waals surface area (Å²) >= 11 is 0. The molecule has 0 aliphatic carbocycles. The quantitative estimate of drug-likeness (QED) is 0.145. The van der Waals surface area contributed by atoms with E-state index in [2.05, 4.69) is 0 Å². The first-order valence-corrected chi connectivity index (χ1v) is 14.2. The lowest BCUT2D eigenvalue weighted by Gasteiger charge is -2.30. The molecule has 0 aliphatic rings. The van der Waals surface area contributed by atoms with Gasteiger partial charge in [-0.3, -0.25) is 38.7 Å². The average molecular weight is 620 g/mol. The number of nitrogens with zero attached hydrogens (tertiary/aromatic N) is 4. The van der Waals surface area contributed by atoms with Crippen LogP contribution in [0.25, 0.3) is 0 Å². The largest absolute Gasteiger partial charge is 0.480 e. The van der Waals surface area contributed by atoms with Crippen molar-refractivity contribution in [3.8, 4) is 0 Å². The van der Waals surface area contributed by atoms with E-state index in [1.54, 1.807) is 56.2 Å². The third-order valence-corrected chi connectivity index (χ3v) is 5.59. The van der Waals surface area contributed by atoms with E-state index in [1.165, 1.54) is 19.1 Å². The van der Waals surface area contributed by atoms with Gasteiger partial charge in [-0.05, 0) is 41.5 Å². The molecule has 0 aromatic carbocycles. The summed E-state index contributed by atoms with van der Waals surface area (Å²) in [6.07, 6.45) is 0. The first kappa shape index (κ1) is 40.1. The second-order valence-corrected chi connectivity index (χ2v) is 12.1. The van der Waals surface area contributed by atoms with Crippen LogP contribution in [-0.4, -0.2) is 165 Å². The first-order chi connectivity index (χ1) is 19.8. The Morgan fingerprint density at radius 1 is 0.605 bits per heavy atom. The summed E-state index contributed by atoms with van der Waals surface area (Å²) < 4.78 is 21.0. The lowest BCUT2D eigenvalue weighted by atomic mass is 10.2. The van der Waals surface area contributed by atoms with Crippen LogP contribution < -0.4 is 5.73 Å². The smallest absolute Gasteiger partial charge is 0.320 e. The molecule has 250 valence electrons. The Labute approximate surface area is 255 Å². The lowest BCUT2D eigenvalue weighted by molar-refractivity contribution is -0.158. The van der Waals surface area contributed by atoms with Gasteiger partial charge in [0.25, 0.3) is 0 Å². The predicted molar refractivity (Wildman–Crippen MR) is 158 cm³/mol. The van der Waals surface area contributed by atoms with Gasteiger partial charge >= 0.3 is 17.9 Å². The van der Waals surface area contributed by atoms with Gasteiger partial charge in [-0.1, -0.05) is 0 Å². The minimum atomic E-state index is -1.13. The first-order valence-electron chi connectivity index (χ1n) is 14.2. The Balaban J connectivity index is 5.69. The van der Waals surface area contributed by atoms with Gasteiger partial charge in [0.15, 0.2) is 0 Å². The summed E-state index contributed by atoms with van der Waals surface area (Å²) in [7, 11) is 3.07. The topological polar surface area (TPSA) is 181 Å². The number of carboxylic acids is 1. The molecule has 0 aliphatic heterocycles. The Morgan fingerprint density at radius 3 is 1.35 bits per heavy atom. The Bertz CT molecular complexity index is 880. The molecule has 0 rings (SSSR count). The van der Waals surface area contributed by atoms with Gasteiger partial charge < -0.3 is 34.7 Å². The van der Waals surface area contributed by atoms with Crippen LogP contribution in [-0.2, 0) is 42.9 Å². The molecule has 0 aromatic rings. The number of amides is 2. The highest BCUT2D eigenvalue weighted by molar-refractivity contribution is 5.79. The van der Waals surface area contributed by atoms with E-state index in [9.17, 15) is 29.1 Å². The molecule has 15 heteroatoms. The van der Waals surface area contributed by atoms with Crippen molar-refractivity contribution in [2.45, 2.75) is 52.7 Å². The number of nitrogens with two attached hydrogens (primary N) is 1. The van der Waals surface area contributed by atoms with Crippen molar-refractivity contribution in [3.63, 3.8) is 0 Å². The zero-order valence-electron chi connectivity index (χ0n) is 27.2. The third kappa shape index (κ3) is 22.4. The summed E-state index contributed by atoms with van der Waals surface area (Å²) in [6.45, 7) is 11.3. The summed E-state index contributed by atoms with van der Waals surface area (Å²) in [5, 5.41) is 9.33. The molecule has 43 heavy (non-hydrogen) atoms. The minimum Gasteiger partial charge on any atom is -0.480 e. The number of primary amides is 1. The van der Waals surface area contributed by atoms with Crippen molar-refractivity contribution in [2.24, 2.45) is 5.73 Å². The van der Waals surface area contributed by atoms with E-state index >= 15 is 0 Å². The maximum absolute atomic E-state index is 13.2. The van der Waals surface area contributed by atoms with Crippen molar-refractivity contribution >= 4 is 29.7 Å². The number of carbonyl (C=O) groups excluding carboxylic acids is 4. The summed E-state index contributed by atoms with van der Waals surface area (Å²) in [6, 6.07) is 0. The molecule has 0 saturated heterocycles. The second kappa shape index (κ2) is 20.2. The van der Waals surface area contributed by atoms with Crippen LogP contribution in [0.1, 0.15) is 41.5 Å². The number of ether oxygens (including phenoxy) is 4. The van der Waals surface area contributed by atoms with Crippen LogP contribution >= 0.6 is 0 Å². The molecule has 0 bridgehead atoms. The monoisotopic (exact) mass is 619 g/mol. The zero-order chi connectivity index (χ0) is 33.2. The van der Waals surface area contributed by atoms with E-state index in [1.807, 2.05) is 0 Å². The molecule has 2 amide bonds. The van der Waals surface area contributed by atoms with E-state index in [-0.39, 0.29) is 58.3 Å². The highest BCUT2D eigenvalue weighted by atomic mass is 16.6. The third-order valence-electron chi connectivity index (χ3n) is 5.59. The molecular formula is C28H53N5O10. The van der Waals surface area contributed by atoms with Crippen LogP contribution in [0.2, 0.25) is 0 Å². The van der Waals surface area contributed by atoms with Gasteiger partial charge in [0.05, 0.1) is 45.9 Å². The van der Waals surface area contributed by atoms with Gasteiger partial charge in [0.2, 0.25) is 11.8 Å². The van der Waals surface area contributed by atoms with E-state index < -0.39 is 41.6 Å². The van der Waals surface area contributed by atoms with E-state index in [4.69, 9.17) is 24.7 Å². The summed E-state index contributed by atoms with van der Waals surface area (Å²) in [4.78, 5) is 67.7. The van der Waals surface area contributed by atoms with Gasteiger partial charge in [0, 0.05) is 53.5 Å². The molecule has 0 radical (unpaired) electrons. The summed E-state index contributed by atoms with van der Waals surface area (Å²) in [5.41, 5.74) is 4.00. The normalized spacial score (nSPS) is 12.1. The van der Waals surface area contributed by atoms with E-state index in [0.29, 0.717) is 26.3 Å². The molecule has 0 aromatic heterocycles. The molecule has 0 heterocycles. The van der Waals surface area contributed by atoms with E-state index in [0.717, 1.165) is 0 Å². The van der Waals surface area contributed by atoms with Crippen LogP contribution in [0.15, 0.2) is 0 Å². The zero-order valence-corrected chi connectivity index (χ0v) is 27.2. The van der Waals surface area contributed by atoms with Gasteiger partial charge in [-0.25, -0.2) is 0 Å². The molecular weight excluding hydrogens is 566 g/mol.